The normalized spacial score (nSPS) is 18.5. The van der Waals surface area contributed by atoms with Gasteiger partial charge in [-0.05, 0) is 31.7 Å². The van der Waals surface area contributed by atoms with Crippen LogP contribution in [0.15, 0.2) is 12.4 Å². The lowest BCUT2D eigenvalue weighted by Gasteiger charge is -2.34. The maximum Gasteiger partial charge on any atom is 0.317 e. The molecule has 1 atom stereocenters. The third-order valence-corrected chi connectivity index (χ3v) is 3.68. The molecule has 21 heavy (non-hydrogen) atoms. The molecule has 1 fully saturated rings. The highest BCUT2D eigenvalue weighted by molar-refractivity contribution is 5.76. The zero-order valence-electron chi connectivity index (χ0n) is 12.3. The van der Waals surface area contributed by atoms with Crippen molar-refractivity contribution in [3.05, 3.63) is 18.0 Å². The Labute approximate surface area is 123 Å². The second-order valence-electron chi connectivity index (χ2n) is 5.45. The summed E-state index contributed by atoms with van der Waals surface area (Å²) < 4.78 is 1.78. The molecule has 2 rings (SSSR count). The predicted octanol–water partition coefficient (Wildman–Crippen LogP) is 1.23. The number of rotatable bonds is 5. The van der Waals surface area contributed by atoms with E-state index in [1.807, 2.05) is 13.1 Å². The molecule has 0 spiro atoms. The van der Waals surface area contributed by atoms with Gasteiger partial charge in [-0.2, -0.15) is 5.10 Å². The lowest BCUT2D eigenvalue weighted by Crippen LogP contribution is -2.49. The molecule has 1 unspecified atom stereocenters. The van der Waals surface area contributed by atoms with Gasteiger partial charge in [0.05, 0.1) is 19.2 Å². The van der Waals surface area contributed by atoms with Crippen LogP contribution in [0.2, 0.25) is 0 Å². The number of hydrogen-bond donors (Lipinski definition) is 2. The molecule has 0 saturated carbocycles. The number of aliphatic carboxylic acids is 1. The van der Waals surface area contributed by atoms with Crippen molar-refractivity contribution in [2.75, 3.05) is 13.1 Å². The van der Waals surface area contributed by atoms with E-state index in [1.54, 1.807) is 15.8 Å². The Kier molecular flexibility index (Phi) is 5.19. The van der Waals surface area contributed by atoms with Gasteiger partial charge < -0.3 is 15.3 Å². The van der Waals surface area contributed by atoms with Gasteiger partial charge >= 0.3 is 12.0 Å². The van der Waals surface area contributed by atoms with Crippen LogP contribution in [0.4, 0.5) is 4.79 Å². The summed E-state index contributed by atoms with van der Waals surface area (Å²) in [5, 5.41) is 15.9. The summed E-state index contributed by atoms with van der Waals surface area (Å²) in [5.41, 5.74) is 1.08. The Bertz CT molecular complexity index is 500. The van der Waals surface area contributed by atoms with Crippen LogP contribution < -0.4 is 5.32 Å². The van der Waals surface area contributed by atoms with Crippen molar-refractivity contribution >= 4 is 12.0 Å². The number of urea groups is 1. The average molecular weight is 294 g/mol. The summed E-state index contributed by atoms with van der Waals surface area (Å²) in [5.74, 6) is -0.855. The first-order valence-electron chi connectivity index (χ1n) is 7.31. The first-order valence-corrected chi connectivity index (χ1v) is 7.31. The Morgan fingerprint density at radius 2 is 2.29 bits per heavy atom. The fourth-order valence-electron chi connectivity index (χ4n) is 2.65. The zero-order chi connectivity index (χ0) is 15.2. The molecular formula is C14H22N4O3. The van der Waals surface area contributed by atoms with E-state index in [0.717, 1.165) is 24.8 Å². The molecule has 1 aromatic heterocycles. The van der Waals surface area contributed by atoms with E-state index in [0.29, 0.717) is 19.6 Å². The number of likely N-dealkylation sites (tertiary alicyclic amines) is 1. The van der Waals surface area contributed by atoms with Crippen LogP contribution in [0.1, 0.15) is 31.2 Å². The molecular weight excluding hydrogens is 272 g/mol. The van der Waals surface area contributed by atoms with Gasteiger partial charge in [-0.25, -0.2) is 4.79 Å². The molecule has 0 radical (unpaired) electrons. The summed E-state index contributed by atoms with van der Waals surface area (Å²) >= 11 is 0. The number of piperidine rings is 1. The molecule has 2 amide bonds. The van der Waals surface area contributed by atoms with Crippen molar-refractivity contribution in [1.82, 2.24) is 20.0 Å². The van der Waals surface area contributed by atoms with Crippen LogP contribution >= 0.6 is 0 Å². The van der Waals surface area contributed by atoms with E-state index >= 15 is 0 Å². The van der Waals surface area contributed by atoms with Crippen molar-refractivity contribution in [2.24, 2.45) is 0 Å². The monoisotopic (exact) mass is 294 g/mol. The Morgan fingerprint density at radius 3 is 2.95 bits per heavy atom. The van der Waals surface area contributed by atoms with Crippen LogP contribution in [0.5, 0.6) is 0 Å². The SMILES string of the molecule is Cc1cnn(CCNC(=O)N2CCCCC2CC(=O)O)c1. The number of carboxylic acids is 1. The number of aryl methyl sites for hydroxylation is 1. The molecule has 0 aromatic carbocycles. The maximum atomic E-state index is 12.2. The molecule has 0 bridgehead atoms. The number of carbonyl (C=O) groups excluding carboxylic acids is 1. The Morgan fingerprint density at radius 1 is 1.48 bits per heavy atom. The van der Waals surface area contributed by atoms with E-state index in [9.17, 15) is 9.59 Å². The van der Waals surface area contributed by atoms with E-state index in [-0.39, 0.29) is 18.5 Å². The van der Waals surface area contributed by atoms with E-state index in [2.05, 4.69) is 10.4 Å². The molecule has 1 aromatic rings. The number of aromatic nitrogens is 2. The fourth-order valence-corrected chi connectivity index (χ4v) is 2.65. The minimum atomic E-state index is -0.855. The minimum absolute atomic E-state index is 0.0196. The van der Waals surface area contributed by atoms with Gasteiger partial charge in [0.25, 0.3) is 0 Å². The van der Waals surface area contributed by atoms with E-state index < -0.39 is 5.97 Å². The lowest BCUT2D eigenvalue weighted by molar-refractivity contribution is -0.138. The van der Waals surface area contributed by atoms with Crippen LogP contribution in [-0.4, -0.2) is 50.9 Å². The van der Waals surface area contributed by atoms with Crippen molar-refractivity contribution < 1.29 is 14.7 Å². The third kappa shape index (κ3) is 4.47. The topological polar surface area (TPSA) is 87.5 Å². The summed E-state index contributed by atoms with van der Waals surface area (Å²) in [6.45, 7) is 3.68. The number of hydrogen-bond acceptors (Lipinski definition) is 3. The van der Waals surface area contributed by atoms with Crippen LogP contribution in [0.3, 0.4) is 0 Å². The van der Waals surface area contributed by atoms with Crippen LogP contribution in [0.25, 0.3) is 0 Å². The summed E-state index contributed by atoms with van der Waals surface area (Å²) in [6.07, 6.45) is 6.38. The standard InChI is InChI=1S/C14H22N4O3/c1-11-9-16-17(10-11)7-5-15-14(21)18-6-3-2-4-12(18)8-13(19)20/h9-10,12H,2-8H2,1H3,(H,15,21)(H,19,20). The molecule has 1 aliphatic rings. The lowest BCUT2D eigenvalue weighted by atomic mass is 10.00. The van der Waals surface area contributed by atoms with Crippen molar-refractivity contribution in [3.63, 3.8) is 0 Å². The maximum absolute atomic E-state index is 12.2. The predicted molar refractivity (Wildman–Crippen MR) is 77.0 cm³/mol. The number of carboxylic acid groups (broad SMARTS) is 1. The number of amides is 2. The second kappa shape index (κ2) is 7.10. The summed E-state index contributed by atoms with van der Waals surface area (Å²) in [7, 11) is 0. The largest absolute Gasteiger partial charge is 0.481 e. The van der Waals surface area contributed by atoms with Crippen LogP contribution in [-0.2, 0) is 11.3 Å². The van der Waals surface area contributed by atoms with Crippen molar-refractivity contribution in [3.8, 4) is 0 Å². The molecule has 0 aliphatic carbocycles. The molecule has 1 aliphatic heterocycles. The number of carbonyl (C=O) groups is 2. The first kappa shape index (κ1) is 15.3. The van der Waals surface area contributed by atoms with Gasteiger partial charge in [0.1, 0.15) is 0 Å². The van der Waals surface area contributed by atoms with Crippen molar-refractivity contribution in [1.29, 1.82) is 0 Å². The summed E-state index contributed by atoms with van der Waals surface area (Å²) in [6, 6.07) is -0.368. The van der Waals surface area contributed by atoms with E-state index in [1.165, 1.54) is 0 Å². The molecule has 7 nitrogen and oxygen atoms in total. The van der Waals surface area contributed by atoms with E-state index in [4.69, 9.17) is 5.11 Å². The zero-order valence-corrected chi connectivity index (χ0v) is 12.3. The van der Waals surface area contributed by atoms with Gasteiger partial charge in [0.15, 0.2) is 0 Å². The highest BCUT2D eigenvalue weighted by atomic mass is 16.4. The van der Waals surface area contributed by atoms with Gasteiger partial charge in [0, 0.05) is 25.3 Å². The molecule has 116 valence electrons. The van der Waals surface area contributed by atoms with Gasteiger partial charge in [0.2, 0.25) is 0 Å². The third-order valence-electron chi connectivity index (χ3n) is 3.68. The smallest absolute Gasteiger partial charge is 0.317 e. The first-order chi connectivity index (χ1) is 10.1. The molecule has 2 N–H and O–H groups in total. The Hall–Kier alpha value is -2.05. The van der Waals surface area contributed by atoms with Gasteiger partial charge in [-0.3, -0.25) is 9.48 Å². The van der Waals surface area contributed by atoms with Crippen molar-refractivity contribution in [2.45, 2.75) is 45.2 Å². The second-order valence-corrected chi connectivity index (χ2v) is 5.45. The number of nitrogens with one attached hydrogen (secondary N) is 1. The molecule has 2 heterocycles. The molecule has 7 heteroatoms. The van der Waals surface area contributed by atoms with Crippen LogP contribution in [0, 0.1) is 6.92 Å². The Balaban J connectivity index is 1.81. The van der Waals surface area contributed by atoms with Gasteiger partial charge in [-0.15, -0.1) is 0 Å². The molecule has 1 saturated heterocycles. The van der Waals surface area contributed by atoms with Gasteiger partial charge in [-0.1, -0.05) is 0 Å². The average Bonchev–Trinajstić information content (AvgIpc) is 2.84. The quantitative estimate of drug-likeness (QED) is 0.855. The summed E-state index contributed by atoms with van der Waals surface area (Å²) in [4.78, 5) is 24.7. The highest BCUT2D eigenvalue weighted by Gasteiger charge is 2.28. The highest BCUT2D eigenvalue weighted by Crippen LogP contribution is 2.19. The number of nitrogens with zero attached hydrogens (tertiary/aromatic N) is 3. The fraction of sp³-hybridized carbons (Fsp3) is 0.643. The minimum Gasteiger partial charge on any atom is -0.481 e.